The lowest BCUT2D eigenvalue weighted by Gasteiger charge is -2.36. The SMILES string of the molecule is Cc1nc(/C=C/[C@@H]2C[C@@H](O)[C@](C)(O)CCC[C@H](C)[C@H](O)[C@@H](C)C(=O)C(C)(C)[C@@H](O)CC(=O)N2)cs1. The van der Waals surface area contributed by atoms with Gasteiger partial charge in [0.25, 0.3) is 0 Å². The van der Waals surface area contributed by atoms with Crippen LogP contribution in [0.15, 0.2) is 11.5 Å². The van der Waals surface area contributed by atoms with Gasteiger partial charge in [-0.2, -0.15) is 0 Å². The van der Waals surface area contributed by atoms with Gasteiger partial charge in [0.2, 0.25) is 5.91 Å². The Morgan fingerprint density at radius 1 is 1.14 bits per heavy atom. The number of hydrogen-bond acceptors (Lipinski definition) is 8. The van der Waals surface area contributed by atoms with Gasteiger partial charge in [-0.1, -0.05) is 40.2 Å². The van der Waals surface area contributed by atoms with Crippen LogP contribution >= 0.6 is 11.3 Å². The lowest BCUT2D eigenvalue weighted by molar-refractivity contribution is -0.143. The monoisotopic (exact) mass is 510 g/mol. The van der Waals surface area contributed by atoms with E-state index in [9.17, 15) is 30.0 Å². The number of nitrogens with one attached hydrogen (secondary N) is 1. The first kappa shape index (κ1) is 29.6. The summed E-state index contributed by atoms with van der Waals surface area (Å²) in [4.78, 5) is 30.4. The summed E-state index contributed by atoms with van der Waals surface area (Å²) in [6, 6.07) is -0.621. The van der Waals surface area contributed by atoms with E-state index >= 15 is 0 Å². The van der Waals surface area contributed by atoms with Crippen LogP contribution in [0, 0.1) is 24.2 Å². The van der Waals surface area contributed by atoms with Gasteiger partial charge >= 0.3 is 0 Å². The van der Waals surface area contributed by atoms with Crippen molar-refractivity contribution >= 4 is 29.1 Å². The Bertz CT molecular complexity index is 896. The molecule has 198 valence electrons. The standard InChI is InChI=1S/C26H42N2O6S/c1-15-8-7-11-26(6,34)21(30)12-18(9-10-19-14-35-17(3)27-19)28-22(31)13-20(29)25(4,5)24(33)16(2)23(15)32/h9-10,14-16,18,20-21,23,29-30,32,34H,7-8,11-13H2,1-6H3,(H,28,31)/b10-9+/t15-,16+,18+,20-,21+,23-,26+/m0/s1. The minimum atomic E-state index is -1.40. The van der Waals surface area contributed by atoms with E-state index in [1.807, 2.05) is 19.2 Å². The molecule has 0 bridgehead atoms. The molecule has 1 aromatic rings. The van der Waals surface area contributed by atoms with Crippen LogP contribution in [0.25, 0.3) is 6.08 Å². The molecule has 2 heterocycles. The van der Waals surface area contributed by atoms with Crippen molar-refractivity contribution in [2.24, 2.45) is 17.3 Å². The summed E-state index contributed by atoms with van der Waals surface area (Å²) < 4.78 is 0. The summed E-state index contributed by atoms with van der Waals surface area (Å²) in [7, 11) is 0. The predicted octanol–water partition coefficient (Wildman–Crippen LogP) is 2.61. The van der Waals surface area contributed by atoms with E-state index in [0.717, 1.165) is 10.7 Å². The molecule has 35 heavy (non-hydrogen) atoms. The van der Waals surface area contributed by atoms with Gasteiger partial charge in [0, 0.05) is 11.3 Å². The molecule has 5 N–H and O–H groups in total. The zero-order chi connectivity index (χ0) is 26.6. The molecule has 0 aromatic carbocycles. The van der Waals surface area contributed by atoms with Gasteiger partial charge in [0.15, 0.2) is 0 Å². The summed E-state index contributed by atoms with van der Waals surface area (Å²) in [5, 5.41) is 48.9. The number of carbonyl (C=O) groups excluding carboxylic acids is 2. The summed E-state index contributed by atoms with van der Waals surface area (Å²) in [6.07, 6.45) is 1.32. The van der Waals surface area contributed by atoms with Crippen molar-refractivity contribution in [3.8, 4) is 0 Å². The summed E-state index contributed by atoms with van der Waals surface area (Å²) in [6.45, 7) is 10.1. The number of Topliss-reactive ketones (excluding diaryl/α,β-unsaturated/α-hetero) is 1. The van der Waals surface area contributed by atoms with E-state index in [-0.39, 0.29) is 24.5 Å². The third kappa shape index (κ3) is 7.92. The first-order valence-corrected chi connectivity index (χ1v) is 13.2. The molecule has 1 aliphatic heterocycles. The minimum absolute atomic E-state index is 0.0615. The van der Waals surface area contributed by atoms with Crippen LogP contribution in [0.3, 0.4) is 0 Å². The second-order valence-corrected chi connectivity index (χ2v) is 12.0. The summed E-state index contributed by atoms with van der Waals surface area (Å²) >= 11 is 1.50. The van der Waals surface area contributed by atoms with E-state index in [0.29, 0.717) is 19.3 Å². The number of aliphatic hydroxyl groups is 4. The maximum Gasteiger partial charge on any atom is 0.223 e. The summed E-state index contributed by atoms with van der Waals surface area (Å²) in [5.74, 6) is -1.73. The van der Waals surface area contributed by atoms with Crippen LogP contribution in [0.1, 0.15) is 77.4 Å². The number of thiazole rings is 1. The number of aromatic nitrogens is 1. The predicted molar refractivity (Wildman–Crippen MR) is 137 cm³/mol. The number of aliphatic hydroxyl groups excluding tert-OH is 3. The first-order valence-electron chi connectivity index (χ1n) is 12.4. The fraction of sp³-hybridized carbons (Fsp3) is 0.731. The number of hydrogen-bond donors (Lipinski definition) is 5. The maximum atomic E-state index is 13.2. The highest BCUT2D eigenvalue weighted by Gasteiger charge is 2.42. The molecular weight excluding hydrogens is 468 g/mol. The number of ketones is 1. The fourth-order valence-electron chi connectivity index (χ4n) is 4.57. The van der Waals surface area contributed by atoms with Crippen molar-refractivity contribution in [1.82, 2.24) is 10.3 Å². The highest BCUT2D eigenvalue weighted by atomic mass is 32.1. The maximum absolute atomic E-state index is 13.2. The largest absolute Gasteiger partial charge is 0.392 e. The van der Waals surface area contributed by atoms with Crippen molar-refractivity contribution in [2.45, 2.75) is 104 Å². The Morgan fingerprint density at radius 2 is 1.80 bits per heavy atom. The van der Waals surface area contributed by atoms with Gasteiger partial charge < -0.3 is 25.7 Å². The van der Waals surface area contributed by atoms with Gasteiger partial charge in [-0.25, -0.2) is 4.98 Å². The molecule has 0 aliphatic carbocycles. The van der Waals surface area contributed by atoms with Crippen molar-refractivity contribution in [1.29, 1.82) is 0 Å². The van der Waals surface area contributed by atoms with Crippen molar-refractivity contribution in [2.75, 3.05) is 0 Å². The Kier molecular flexibility index (Phi) is 10.2. The molecule has 7 atom stereocenters. The number of amides is 1. The number of nitrogens with zero attached hydrogens (tertiary/aromatic N) is 1. The van der Waals surface area contributed by atoms with E-state index in [1.165, 1.54) is 11.3 Å². The molecular formula is C26H42N2O6S. The second-order valence-electron chi connectivity index (χ2n) is 10.9. The third-order valence-corrected chi connectivity index (χ3v) is 8.17. The smallest absolute Gasteiger partial charge is 0.223 e. The second kappa shape index (κ2) is 12.1. The van der Waals surface area contributed by atoms with Gasteiger partial charge in [-0.15, -0.1) is 11.3 Å². The van der Waals surface area contributed by atoms with Crippen LogP contribution in [0.4, 0.5) is 0 Å². The highest BCUT2D eigenvalue weighted by Crippen LogP contribution is 2.32. The fourth-order valence-corrected chi connectivity index (χ4v) is 5.15. The molecule has 0 radical (unpaired) electrons. The molecule has 1 saturated heterocycles. The Labute approximate surface area is 212 Å². The zero-order valence-electron chi connectivity index (χ0n) is 21.7. The lowest BCUT2D eigenvalue weighted by atomic mass is 9.72. The van der Waals surface area contributed by atoms with Crippen LogP contribution < -0.4 is 5.32 Å². The summed E-state index contributed by atoms with van der Waals surface area (Å²) in [5.41, 5.74) is -1.91. The van der Waals surface area contributed by atoms with E-state index in [4.69, 9.17) is 0 Å². The van der Waals surface area contributed by atoms with Crippen molar-refractivity contribution in [3.05, 3.63) is 22.2 Å². The number of carbonyl (C=O) groups is 2. The average Bonchev–Trinajstić information content (AvgIpc) is 3.19. The van der Waals surface area contributed by atoms with Crippen LogP contribution in [-0.2, 0) is 9.59 Å². The van der Waals surface area contributed by atoms with E-state index in [1.54, 1.807) is 39.8 Å². The molecule has 1 aliphatic rings. The first-order chi connectivity index (χ1) is 16.1. The molecule has 0 spiro atoms. The van der Waals surface area contributed by atoms with Crippen LogP contribution in [0.2, 0.25) is 0 Å². The minimum Gasteiger partial charge on any atom is -0.392 e. The van der Waals surface area contributed by atoms with Crippen molar-refractivity contribution < 1.29 is 30.0 Å². The zero-order valence-corrected chi connectivity index (χ0v) is 22.5. The van der Waals surface area contributed by atoms with E-state index in [2.05, 4.69) is 10.3 Å². The van der Waals surface area contributed by atoms with Gasteiger partial charge in [0.05, 0.1) is 52.5 Å². The van der Waals surface area contributed by atoms with Gasteiger partial charge in [-0.3, -0.25) is 9.59 Å². The van der Waals surface area contributed by atoms with Crippen LogP contribution in [-0.4, -0.2) is 67.1 Å². The molecule has 2 rings (SSSR count). The lowest BCUT2D eigenvalue weighted by Crippen LogP contribution is -2.48. The normalized spacial score (nSPS) is 36.3. The topological polar surface area (TPSA) is 140 Å². The van der Waals surface area contributed by atoms with Crippen LogP contribution in [0.5, 0.6) is 0 Å². The molecule has 8 nitrogen and oxygen atoms in total. The third-order valence-electron chi connectivity index (χ3n) is 7.38. The average molecular weight is 511 g/mol. The number of rotatable bonds is 2. The Hall–Kier alpha value is -1.65. The van der Waals surface area contributed by atoms with Gasteiger partial charge in [0.1, 0.15) is 5.78 Å². The quantitative estimate of drug-likeness (QED) is 0.412. The van der Waals surface area contributed by atoms with E-state index < -0.39 is 47.2 Å². The molecule has 9 heteroatoms. The Morgan fingerprint density at radius 3 is 2.40 bits per heavy atom. The Balaban J connectivity index is 2.33. The molecule has 1 aromatic heterocycles. The molecule has 1 fully saturated rings. The highest BCUT2D eigenvalue weighted by molar-refractivity contribution is 7.09. The molecule has 1 amide bonds. The van der Waals surface area contributed by atoms with Gasteiger partial charge in [-0.05, 0) is 45.1 Å². The van der Waals surface area contributed by atoms with Crippen molar-refractivity contribution in [3.63, 3.8) is 0 Å². The molecule has 0 unspecified atom stereocenters. The molecule has 0 saturated carbocycles. The number of aryl methyl sites for hydroxylation is 1.